The van der Waals surface area contributed by atoms with Crippen molar-refractivity contribution in [2.24, 2.45) is 5.92 Å². The second-order valence-corrected chi connectivity index (χ2v) is 6.78. The van der Waals surface area contributed by atoms with E-state index in [0.29, 0.717) is 16.5 Å². The quantitative estimate of drug-likeness (QED) is 0.811. The lowest BCUT2D eigenvalue weighted by Crippen LogP contribution is -2.51. The second kappa shape index (κ2) is 6.88. The predicted molar refractivity (Wildman–Crippen MR) is 94.9 cm³/mol. The fourth-order valence-corrected chi connectivity index (χ4v) is 3.13. The van der Waals surface area contributed by atoms with E-state index in [9.17, 15) is 9.59 Å². The van der Waals surface area contributed by atoms with Gasteiger partial charge in [-0.3, -0.25) is 20.4 Å². The summed E-state index contributed by atoms with van der Waals surface area (Å²) in [5.74, 6) is 0.456. The SMILES string of the molecule is O=C(NNC(=O)C1CC1c1ccc(Cl)cc1)C1COc2ccccc2O1. The van der Waals surface area contributed by atoms with Crippen LogP contribution in [0.1, 0.15) is 17.9 Å². The molecule has 1 heterocycles. The van der Waals surface area contributed by atoms with Crippen molar-refractivity contribution < 1.29 is 19.1 Å². The lowest BCUT2D eigenvalue weighted by molar-refractivity contribution is -0.135. The molecule has 134 valence electrons. The molecule has 2 N–H and O–H groups in total. The maximum absolute atomic E-state index is 12.2. The van der Waals surface area contributed by atoms with E-state index >= 15 is 0 Å². The number of hydrazine groups is 1. The van der Waals surface area contributed by atoms with Gasteiger partial charge in [-0.15, -0.1) is 0 Å². The average Bonchev–Trinajstić information content (AvgIpc) is 3.47. The van der Waals surface area contributed by atoms with E-state index < -0.39 is 12.0 Å². The van der Waals surface area contributed by atoms with Crippen LogP contribution >= 0.6 is 11.6 Å². The summed E-state index contributed by atoms with van der Waals surface area (Å²) in [5.41, 5.74) is 5.97. The summed E-state index contributed by atoms with van der Waals surface area (Å²) < 4.78 is 11.1. The minimum Gasteiger partial charge on any atom is -0.485 e. The van der Waals surface area contributed by atoms with Crippen LogP contribution in [0.3, 0.4) is 0 Å². The maximum Gasteiger partial charge on any atom is 0.283 e. The number of ether oxygens (including phenoxy) is 2. The van der Waals surface area contributed by atoms with Crippen LogP contribution in [0.5, 0.6) is 11.5 Å². The van der Waals surface area contributed by atoms with Crippen LogP contribution in [0.4, 0.5) is 0 Å². The Kier molecular flexibility index (Phi) is 4.42. The molecule has 1 fully saturated rings. The van der Waals surface area contributed by atoms with Crippen molar-refractivity contribution in [2.75, 3.05) is 6.61 Å². The predicted octanol–water partition coefficient (Wildman–Crippen LogP) is 2.43. The Morgan fingerprint density at radius 1 is 0.962 bits per heavy atom. The first-order chi connectivity index (χ1) is 12.6. The Balaban J connectivity index is 1.27. The molecule has 3 unspecified atom stereocenters. The van der Waals surface area contributed by atoms with E-state index in [1.165, 1.54) is 0 Å². The second-order valence-electron chi connectivity index (χ2n) is 6.34. The van der Waals surface area contributed by atoms with Crippen molar-refractivity contribution >= 4 is 23.4 Å². The highest BCUT2D eigenvalue weighted by atomic mass is 35.5. The van der Waals surface area contributed by atoms with Gasteiger partial charge in [0, 0.05) is 10.9 Å². The Bertz CT molecular complexity index is 840. The van der Waals surface area contributed by atoms with Crippen LogP contribution in [0.2, 0.25) is 5.02 Å². The van der Waals surface area contributed by atoms with Gasteiger partial charge in [0.1, 0.15) is 6.61 Å². The number of hydrogen-bond acceptors (Lipinski definition) is 4. The summed E-state index contributed by atoms with van der Waals surface area (Å²) in [6.45, 7) is 0.0928. The van der Waals surface area contributed by atoms with E-state index in [1.54, 1.807) is 18.2 Å². The molecule has 0 bridgehead atoms. The smallest absolute Gasteiger partial charge is 0.283 e. The van der Waals surface area contributed by atoms with Crippen LogP contribution in [0.25, 0.3) is 0 Å². The molecule has 1 aliphatic heterocycles. The number of amides is 2. The topological polar surface area (TPSA) is 76.7 Å². The zero-order chi connectivity index (χ0) is 18.1. The van der Waals surface area contributed by atoms with Crippen LogP contribution in [0, 0.1) is 5.92 Å². The van der Waals surface area contributed by atoms with Crippen LogP contribution in [0.15, 0.2) is 48.5 Å². The van der Waals surface area contributed by atoms with Gasteiger partial charge in [-0.2, -0.15) is 0 Å². The van der Waals surface area contributed by atoms with E-state index in [1.807, 2.05) is 30.3 Å². The first-order valence-corrected chi connectivity index (χ1v) is 8.73. The molecule has 0 radical (unpaired) electrons. The summed E-state index contributed by atoms with van der Waals surface area (Å²) >= 11 is 5.88. The highest BCUT2D eigenvalue weighted by molar-refractivity contribution is 6.30. The third-order valence-corrected chi connectivity index (χ3v) is 4.79. The molecule has 0 aromatic heterocycles. The summed E-state index contributed by atoms with van der Waals surface area (Å²) in [4.78, 5) is 24.4. The van der Waals surface area contributed by atoms with Gasteiger partial charge in [0.2, 0.25) is 12.0 Å². The van der Waals surface area contributed by atoms with E-state index in [0.717, 1.165) is 12.0 Å². The minimum absolute atomic E-state index is 0.0928. The number of carbonyl (C=O) groups excluding carboxylic acids is 2. The molecular formula is C19H17ClN2O4. The standard InChI is InChI=1S/C19H17ClN2O4/c20-12-7-5-11(6-8-12)13-9-14(13)18(23)21-22-19(24)17-10-25-15-3-1-2-4-16(15)26-17/h1-8,13-14,17H,9-10H2,(H,21,23)(H,22,24). The Morgan fingerprint density at radius 2 is 1.65 bits per heavy atom. The number of rotatable bonds is 3. The lowest BCUT2D eigenvalue weighted by atomic mass is 10.1. The molecule has 2 amide bonds. The molecule has 2 aromatic carbocycles. The van der Waals surface area contributed by atoms with Gasteiger partial charge >= 0.3 is 0 Å². The molecule has 0 saturated heterocycles. The van der Waals surface area contributed by atoms with E-state index in [-0.39, 0.29) is 24.3 Å². The first-order valence-electron chi connectivity index (χ1n) is 8.35. The van der Waals surface area contributed by atoms with Crippen LogP contribution in [-0.2, 0) is 9.59 Å². The Hall–Kier alpha value is -2.73. The molecule has 4 rings (SSSR count). The molecule has 2 aromatic rings. The number of carbonyl (C=O) groups is 2. The van der Waals surface area contributed by atoms with Crippen molar-refractivity contribution in [3.8, 4) is 11.5 Å². The van der Waals surface area contributed by atoms with Gasteiger partial charge in [-0.25, -0.2) is 0 Å². The van der Waals surface area contributed by atoms with Gasteiger partial charge in [-0.1, -0.05) is 35.9 Å². The number of halogens is 1. The van der Waals surface area contributed by atoms with Gasteiger partial charge in [-0.05, 0) is 42.2 Å². The maximum atomic E-state index is 12.2. The third kappa shape index (κ3) is 3.46. The van der Waals surface area contributed by atoms with Crippen molar-refractivity contribution in [2.45, 2.75) is 18.4 Å². The van der Waals surface area contributed by atoms with Crippen molar-refractivity contribution in [1.82, 2.24) is 10.9 Å². The Labute approximate surface area is 155 Å². The molecule has 1 saturated carbocycles. The summed E-state index contributed by atoms with van der Waals surface area (Å²) in [5, 5.41) is 0.666. The fraction of sp³-hybridized carbons (Fsp3) is 0.263. The number of hydrogen-bond donors (Lipinski definition) is 2. The van der Waals surface area contributed by atoms with Crippen molar-refractivity contribution in [3.05, 3.63) is 59.1 Å². The third-order valence-electron chi connectivity index (χ3n) is 4.54. The lowest BCUT2D eigenvalue weighted by Gasteiger charge is -2.25. The molecule has 6 nitrogen and oxygen atoms in total. The van der Waals surface area contributed by atoms with Gasteiger partial charge in [0.25, 0.3) is 5.91 Å². The fourth-order valence-electron chi connectivity index (χ4n) is 3.01. The number of para-hydroxylation sites is 2. The van der Waals surface area contributed by atoms with E-state index in [4.69, 9.17) is 21.1 Å². The molecule has 7 heteroatoms. The molecule has 1 aliphatic carbocycles. The highest BCUT2D eigenvalue weighted by Gasteiger charge is 2.44. The van der Waals surface area contributed by atoms with E-state index in [2.05, 4.69) is 10.9 Å². The summed E-state index contributed by atoms with van der Waals surface area (Å²) in [6, 6.07) is 14.6. The van der Waals surface area contributed by atoms with Gasteiger partial charge in [0.15, 0.2) is 11.5 Å². The molecule has 3 atom stereocenters. The molecular weight excluding hydrogens is 356 g/mol. The Morgan fingerprint density at radius 3 is 2.42 bits per heavy atom. The van der Waals surface area contributed by atoms with Crippen molar-refractivity contribution in [3.63, 3.8) is 0 Å². The minimum atomic E-state index is -0.809. The van der Waals surface area contributed by atoms with Gasteiger partial charge < -0.3 is 9.47 Å². The average molecular weight is 373 g/mol. The normalized spacial score (nSPS) is 23.0. The largest absolute Gasteiger partial charge is 0.485 e. The number of fused-ring (bicyclic) bond motifs is 1. The zero-order valence-corrected chi connectivity index (χ0v) is 14.5. The number of benzene rings is 2. The first kappa shape index (κ1) is 16.7. The monoisotopic (exact) mass is 372 g/mol. The number of nitrogens with one attached hydrogen (secondary N) is 2. The summed E-state index contributed by atoms with van der Waals surface area (Å²) in [6.07, 6.45) is -0.0591. The summed E-state index contributed by atoms with van der Waals surface area (Å²) in [7, 11) is 0. The van der Waals surface area contributed by atoms with Crippen molar-refractivity contribution in [1.29, 1.82) is 0 Å². The van der Waals surface area contributed by atoms with Gasteiger partial charge in [0.05, 0.1) is 0 Å². The van der Waals surface area contributed by atoms with Crippen LogP contribution < -0.4 is 20.3 Å². The van der Waals surface area contributed by atoms with Crippen LogP contribution in [-0.4, -0.2) is 24.5 Å². The zero-order valence-electron chi connectivity index (χ0n) is 13.8. The molecule has 2 aliphatic rings. The highest BCUT2D eigenvalue weighted by Crippen LogP contribution is 2.47. The molecule has 0 spiro atoms. The molecule has 26 heavy (non-hydrogen) atoms.